The molecule has 2 aromatic carbocycles. The van der Waals surface area contributed by atoms with E-state index in [1.807, 2.05) is 30.5 Å². The average Bonchev–Trinajstić information content (AvgIpc) is 2.54. The number of nitro groups is 1. The van der Waals surface area contributed by atoms with E-state index in [1.165, 1.54) is 23.9 Å². The van der Waals surface area contributed by atoms with Gasteiger partial charge >= 0.3 is 0 Å². The molecular formula is C15H14N2O3S2. The van der Waals surface area contributed by atoms with Gasteiger partial charge in [-0.05, 0) is 42.7 Å². The predicted octanol–water partition coefficient (Wildman–Crippen LogP) is 4.05. The molecule has 2 rings (SSSR count). The molecule has 0 aliphatic rings. The quantitative estimate of drug-likeness (QED) is 0.490. The maximum atomic E-state index is 11.9. The summed E-state index contributed by atoms with van der Waals surface area (Å²) in [5, 5.41) is 13.4. The van der Waals surface area contributed by atoms with Crippen LogP contribution in [0.15, 0.2) is 58.3 Å². The lowest BCUT2D eigenvalue weighted by Crippen LogP contribution is -2.13. The van der Waals surface area contributed by atoms with Crippen molar-refractivity contribution in [1.29, 1.82) is 0 Å². The molecule has 2 aromatic rings. The monoisotopic (exact) mass is 334 g/mol. The second kappa shape index (κ2) is 7.86. The van der Waals surface area contributed by atoms with E-state index in [0.29, 0.717) is 0 Å². The minimum Gasteiger partial charge on any atom is -0.325 e. The molecule has 1 N–H and O–H groups in total. The van der Waals surface area contributed by atoms with Gasteiger partial charge in [-0.25, -0.2) is 0 Å². The molecule has 0 saturated heterocycles. The summed E-state index contributed by atoms with van der Waals surface area (Å²) in [4.78, 5) is 23.9. The van der Waals surface area contributed by atoms with Crippen LogP contribution in [0.2, 0.25) is 0 Å². The smallest absolute Gasteiger partial charge is 0.269 e. The zero-order chi connectivity index (χ0) is 15.9. The summed E-state index contributed by atoms with van der Waals surface area (Å²) in [7, 11) is 0. The lowest BCUT2D eigenvalue weighted by Gasteiger charge is -2.06. The van der Waals surface area contributed by atoms with Crippen molar-refractivity contribution >= 4 is 40.8 Å². The Bertz CT molecular complexity index is 657. The second-order valence-electron chi connectivity index (χ2n) is 4.32. The largest absolute Gasteiger partial charge is 0.325 e. The van der Waals surface area contributed by atoms with Crippen LogP contribution in [-0.2, 0) is 4.79 Å². The summed E-state index contributed by atoms with van der Waals surface area (Å²) in [5.74, 6) is 0.141. The SMILES string of the molecule is CSc1ccc(NC(=O)CSc2ccc([N+](=O)[O-])cc2)cc1. The number of nitro benzene ring substituents is 1. The number of carbonyl (C=O) groups is 1. The summed E-state index contributed by atoms with van der Waals surface area (Å²) >= 11 is 2.98. The van der Waals surface area contributed by atoms with Crippen molar-refractivity contribution in [3.05, 3.63) is 58.6 Å². The van der Waals surface area contributed by atoms with E-state index in [-0.39, 0.29) is 17.3 Å². The number of nitrogens with one attached hydrogen (secondary N) is 1. The summed E-state index contributed by atoms with van der Waals surface area (Å²) in [6, 6.07) is 13.8. The Morgan fingerprint density at radius 2 is 1.68 bits per heavy atom. The second-order valence-corrected chi connectivity index (χ2v) is 6.24. The van der Waals surface area contributed by atoms with Crippen molar-refractivity contribution in [2.75, 3.05) is 17.3 Å². The number of thioether (sulfide) groups is 2. The van der Waals surface area contributed by atoms with Gasteiger partial charge in [0.15, 0.2) is 0 Å². The molecule has 0 fully saturated rings. The van der Waals surface area contributed by atoms with Crippen molar-refractivity contribution in [2.45, 2.75) is 9.79 Å². The first-order chi connectivity index (χ1) is 10.6. The molecule has 1 amide bonds. The fourth-order valence-corrected chi connectivity index (χ4v) is 2.79. The third-order valence-electron chi connectivity index (χ3n) is 2.79. The first-order valence-electron chi connectivity index (χ1n) is 6.39. The van der Waals surface area contributed by atoms with Crippen molar-refractivity contribution in [3.63, 3.8) is 0 Å². The van der Waals surface area contributed by atoms with Crippen LogP contribution in [-0.4, -0.2) is 22.8 Å². The maximum Gasteiger partial charge on any atom is 0.269 e. The van der Waals surface area contributed by atoms with Crippen LogP contribution >= 0.6 is 23.5 Å². The number of anilines is 1. The minimum atomic E-state index is -0.445. The highest BCUT2D eigenvalue weighted by molar-refractivity contribution is 8.00. The molecule has 0 heterocycles. The Balaban J connectivity index is 1.85. The van der Waals surface area contributed by atoms with E-state index >= 15 is 0 Å². The number of nitrogens with zero attached hydrogens (tertiary/aromatic N) is 1. The van der Waals surface area contributed by atoms with E-state index in [1.54, 1.807) is 23.9 Å². The van der Waals surface area contributed by atoms with Crippen molar-refractivity contribution in [1.82, 2.24) is 0 Å². The van der Waals surface area contributed by atoms with Gasteiger partial charge in [0, 0.05) is 27.6 Å². The van der Waals surface area contributed by atoms with Gasteiger partial charge < -0.3 is 5.32 Å². The Morgan fingerprint density at radius 3 is 2.23 bits per heavy atom. The number of non-ortho nitro benzene ring substituents is 1. The first-order valence-corrected chi connectivity index (χ1v) is 8.60. The van der Waals surface area contributed by atoms with Crippen LogP contribution in [0.1, 0.15) is 0 Å². The number of benzene rings is 2. The molecule has 0 saturated carbocycles. The molecule has 0 atom stereocenters. The number of hydrogen-bond acceptors (Lipinski definition) is 5. The summed E-state index contributed by atoms with van der Waals surface area (Å²) in [5.41, 5.74) is 0.801. The zero-order valence-electron chi connectivity index (χ0n) is 11.8. The van der Waals surface area contributed by atoms with Crippen LogP contribution < -0.4 is 5.32 Å². The van der Waals surface area contributed by atoms with Crippen molar-refractivity contribution < 1.29 is 9.72 Å². The zero-order valence-corrected chi connectivity index (χ0v) is 13.4. The summed E-state index contributed by atoms with van der Waals surface area (Å²) < 4.78 is 0. The molecule has 0 radical (unpaired) electrons. The van der Waals surface area contributed by atoms with E-state index < -0.39 is 4.92 Å². The Kier molecular flexibility index (Phi) is 5.85. The number of carbonyl (C=O) groups excluding carboxylic acids is 1. The molecule has 7 heteroatoms. The third-order valence-corrected chi connectivity index (χ3v) is 4.55. The van der Waals surface area contributed by atoms with E-state index in [4.69, 9.17) is 0 Å². The van der Waals surface area contributed by atoms with Crippen LogP contribution in [0, 0.1) is 10.1 Å². The Morgan fingerprint density at radius 1 is 1.09 bits per heavy atom. The van der Waals surface area contributed by atoms with Crippen LogP contribution in [0.3, 0.4) is 0 Å². The van der Waals surface area contributed by atoms with Crippen molar-refractivity contribution in [2.24, 2.45) is 0 Å². The van der Waals surface area contributed by atoms with E-state index in [2.05, 4.69) is 5.32 Å². The molecule has 0 bridgehead atoms. The molecule has 22 heavy (non-hydrogen) atoms. The topological polar surface area (TPSA) is 72.2 Å². The molecule has 0 spiro atoms. The number of hydrogen-bond donors (Lipinski definition) is 1. The number of amides is 1. The Hall–Kier alpha value is -1.99. The van der Waals surface area contributed by atoms with Gasteiger partial charge in [-0.15, -0.1) is 23.5 Å². The van der Waals surface area contributed by atoms with Gasteiger partial charge in [0.2, 0.25) is 5.91 Å². The van der Waals surface area contributed by atoms with Gasteiger partial charge in [0.1, 0.15) is 0 Å². The van der Waals surface area contributed by atoms with E-state index in [9.17, 15) is 14.9 Å². The Labute approximate surface area is 136 Å². The normalized spacial score (nSPS) is 10.2. The lowest BCUT2D eigenvalue weighted by molar-refractivity contribution is -0.384. The highest BCUT2D eigenvalue weighted by Gasteiger charge is 2.07. The van der Waals surface area contributed by atoms with Gasteiger partial charge in [-0.3, -0.25) is 14.9 Å². The summed E-state index contributed by atoms with van der Waals surface area (Å²) in [6.45, 7) is 0. The molecular weight excluding hydrogens is 320 g/mol. The molecule has 0 aliphatic carbocycles. The molecule has 5 nitrogen and oxygen atoms in total. The van der Waals surface area contributed by atoms with Crippen LogP contribution in [0.25, 0.3) is 0 Å². The van der Waals surface area contributed by atoms with Gasteiger partial charge in [0.05, 0.1) is 10.7 Å². The standard InChI is InChI=1S/C15H14N2O3S2/c1-21-13-6-2-11(3-7-13)16-15(18)10-22-14-8-4-12(5-9-14)17(19)20/h2-9H,10H2,1H3,(H,16,18). The van der Waals surface area contributed by atoms with Crippen LogP contribution in [0.5, 0.6) is 0 Å². The molecule has 114 valence electrons. The predicted molar refractivity (Wildman–Crippen MR) is 90.7 cm³/mol. The highest BCUT2D eigenvalue weighted by Crippen LogP contribution is 2.22. The third kappa shape index (κ3) is 4.78. The van der Waals surface area contributed by atoms with Gasteiger partial charge in [0.25, 0.3) is 5.69 Å². The highest BCUT2D eigenvalue weighted by atomic mass is 32.2. The van der Waals surface area contributed by atoms with E-state index in [0.717, 1.165) is 15.5 Å². The average molecular weight is 334 g/mol. The first kappa shape index (κ1) is 16.4. The van der Waals surface area contributed by atoms with Gasteiger partial charge in [-0.2, -0.15) is 0 Å². The lowest BCUT2D eigenvalue weighted by atomic mass is 10.3. The molecule has 0 unspecified atom stereocenters. The fraction of sp³-hybridized carbons (Fsp3) is 0.133. The minimum absolute atomic E-state index is 0.0442. The maximum absolute atomic E-state index is 11.9. The van der Waals surface area contributed by atoms with Gasteiger partial charge in [-0.1, -0.05) is 0 Å². The van der Waals surface area contributed by atoms with Crippen LogP contribution in [0.4, 0.5) is 11.4 Å². The molecule has 0 aliphatic heterocycles. The fourth-order valence-electron chi connectivity index (χ4n) is 1.68. The van der Waals surface area contributed by atoms with Crippen molar-refractivity contribution in [3.8, 4) is 0 Å². The molecule has 0 aromatic heterocycles. The summed E-state index contributed by atoms with van der Waals surface area (Å²) in [6.07, 6.45) is 1.99. The number of rotatable bonds is 6.